The van der Waals surface area contributed by atoms with Gasteiger partial charge in [0.15, 0.2) is 0 Å². The van der Waals surface area contributed by atoms with E-state index in [0.717, 1.165) is 11.4 Å². The number of rotatable bonds is 4. The molecule has 4 aliphatic rings. The maximum atomic E-state index is 2.57. The van der Waals surface area contributed by atoms with Crippen molar-refractivity contribution >= 4 is 55.7 Å². The number of benzene rings is 13. The first-order valence-corrected chi connectivity index (χ1v) is 27.3. The van der Waals surface area contributed by atoms with Crippen molar-refractivity contribution in [3.63, 3.8) is 0 Å². The second kappa shape index (κ2) is 16.2. The first kappa shape index (κ1) is 43.2. The van der Waals surface area contributed by atoms with Gasteiger partial charge in [-0.1, -0.05) is 249 Å². The van der Waals surface area contributed by atoms with Gasteiger partial charge < -0.3 is 9.80 Å². The molecular formula is C76H48N2. The second-order valence-corrected chi connectivity index (χ2v) is 21.4. The number of hydrogen-bond acceptors (Lipinski definition) is 2. The lowest BCUT2D eigenvalue weighted by Crippen LogP contribution is -2.36. The van der Waals surface area contributed by atoms with Crippen molar-refractivity contribution in [3.8, 4) is 44.5 Å². The first-order chi connectivity index (χ1) is 38.7. The molecule has 0 N–H and O–H groups in total. The highest BCUT2D eigenvalue weighted by Gasteiger charge is 2.53. The third-order valence-electron chi connectivity index (χ3n) is 17.9. The van der Waals surface area contributed by atoms with Crippen LogP contribution in [0.15, 0.2) is 291 Å². The van der Waals surface area contributed by atoms with Gasteiger partial charge in [0.25, 0.3) is 0 Å². The first-order valence-electron chi connectivity index (χ1n) is 27.3. The fraction of sp³-hybridized carbons (Fsp3) is 0.0263. The van der Waals surface area contributed by atoms with Gasteiger partial charge in [0, 0.05) is 10.8 Å². The predicted molar refractivity (Wildman–Crippen MR) is 323 cm³/mol. The molecule has 0 aromatic heterocycles. The molecule has 0 amide bonds. The summed E-state index contributed by atoms with van der Waals surface area (Å²) in [5.41, 5.74) is 26.4. The molecule has 2 spiro atoms. The molecule has 0 unspecified atom stereocenters. The molecule has 2 heterocycles. The van der Waals surface area contributed by atoms with Crippen LogP contribution in [0.5, 0.6) is 0 Å². The van der Waals surface area contributed by atoms with Crippen molar-refractivity contribution in [2.24, 2.45) is 0 Å². The summed E-state index contributed by atoms with van der Waals surface area (Å²) in [5.74, 6) is 0. The van der Waals surface area contributed by atoms with Gasteiger partial charge in [-0.2, -0.15) is 0 Å². The van der Waals surface area contributed by atoms with Crippen molar-refractivity contribution in [2.75, 3.05) is 9.80 Å². The minimum absolute atomic E-state index is 0.514. The summed E-state index contributed by atoms with van der Waals surface area (Å²) in [7, 11) is 0. The Morgan fingerprint density at radius 3 is 0.846 bits per heavy atom. The molecule has 78 heavy (non-hydrogen) atoms. The Hall–Kier alpha value is -10.0. The van der Waals surface area contributed by atoms with Crippen LogP contribution in [0.4, 0.5) is 34.1 Å². The normalized spacial score (nSPS) is 14.3. The second-order valence-electron chi connectivity index (χ2n) is 21.4. The Morgan fingerprint density at radius 1 is 0.192 bits per heavy atom. The minimum atomic E-state index is -0.514. The molecule has 0 radical (unpaired) electrons. The van der Waals surface area contributed by atoms with Gasteiger partial charge in [-0.3, -0.25) is 0 Å². The van der Waals surface area contributed by atoms with Crippen LogP contribution in [0.3, 0.4) is 0 Å². The van der Waals surface area contributed by atoms with Crippen LogP contribution in [-0.4, -0.2) is 0 Å². The predicted octanol–water partition coefficient (Wildman–Crippen LogP) is 19.6. The van der Waals surface area contributed by atoms with Gasteiger partial charge in [0.05, 0.1) is 45.0 Å². The van der Waals surface area contributed by atoms with E-state index in [2.05, 4.69) is 301 Å². The number of anilines is 6. The monoisotopic (exact) mass is 988 g/mol. The van der Waals surface area contributed by atoms with Crippen LogP contribution in [0.2, 0.25) is 0 Å². The van der Waals surface area contributed by atoms with Gasteiger partial charge in [-0.15, -0.1) is 0 Å². The highest BCUT2D eigenvalue weighted by Crippen LogP contribution is 2.66. The molecule has 2 heteroatoms. The lowest BCUT2D eigenvalue weighted by molar-refractivity contribution is 0.753. The van der Waals surface area contributed by atoms with E-state index in [-0.39, 0.29) is 0 Å². The van der Waals surface area contributed by atoms with Crippen molar-refractivity contribution in [1.29, 1.82) is 0 Å². The molecule has 0 bridgehead atoms. The quantitative estimate of drug-likeness (QED) is 0.162. The molecule has 0 atom stereocenters. The third kappa shape index (κ3) is 5.55. The number of fused-ring (bicyclic) bond motifs is 20. The Balaban J connectivity index is 0.956. The molecule has 13 aromatic carbocycles. The van der Waals surface area contributed by atoms with Crippen molar-refractivity contribution in [2.45, 2.75) is 10.8 Å². The zero-order valence-electron chi connectivity index (χ0n) is 42.6. The van der Waals surface area contributed by atoms with E-state index < -0.39 is 10.8 Å². The van der Waals surface area contributed by atoms with Gasteiger partial charge in [0.2, 0.25) is 0 Å². The number of para-hydroxylation sites is 4. The van der Waals surface area contributed by atoms with E-state index >= 15 is 0 Å². The smallest absolute Gasteiger partial charge is 0.0754 e. The minimum Gasteiger partial charge on any atom is -0.309 e. The third-order valence-corrected chi connectivity index (χ3v) is 17.9. The maximum absolute atomic E-state index is 2.57. The molecule has 13 aromatic rings. The topological polar surface area (TPSA) is 6.48 Å². The van der Waals surface area contributed by atoms with Gasteiger partial charge in [-0.05, 0) is 142 Å². The van der Waals surface area contributed by atoms with Crippen LogP contribution >= 0.6 is 0 Å². The highest BCUT2D eigenvalue weighted by atomic mass is 15.2. The molecule has 0 saturated carbocycles. The molecule has 2 aliphatic heterocycles. The van der Waals surface area contributed by atoms with Crippen molar-refractivity contribution < 1.29 is 0 Å². The SMILES string of the molecule is c1ccc(-c2ccc(-c3c4cccc(N5c6ccccc6C6(c7ccccc7-c7ccccc76)c6ccccc65)c4cc4c(N5c6ccccc6C6(c7ccccc7-c7ccccc76)c6ccccc65)cccc34)cc2)cc1. The maximum Gasteiger partial charge on any atom is 0.0754 e. The summed E-state index contributed by atoms with van der Waals surface area (Å²) in [6.45, 7) is 0. The Labute approximate surface area is 454 Å². The molecule has 362 valence electrons. The van der Waals surface area contributed by atoms with Gasteiger partial charge >= 0.3 is 0 Å². The zero-order chi connectivity index (χ0) is 51.1. The summed E-state index contributed by atoms with van der Waals surface area (Å²) in [6.07, 6.45) is 0. The van der Waals surface area contributed by atoms with Crippen LogP contribution in [0.25, 0.3) is 66.1 Å². The average molecular weight is 989 g/mol. The zero-order valence-corrected chi connectivity index (χ0v) is 42.6. The van der Waals surface area contributed by atoms with E-state index in [1.54, 1.807) is 0 Å². The summed E-state index contributed by atoms with van der Waals surface area (Å²) in [4.78, 5) is 5.14. The fourth-order valence-corrected chi connectivity index (χ4v) is 14.9. The molecule has 0 saturated heterocycles. The van der Waals surface area contributed by atoms with Crippen LogP contribution in [0.1, 0.15) is 44.5 Å². The van der Waals surface area contributed by atoms with Crippen molar-refractivity contribution in [1.82, 2.24) is 0 Å². The summed E-state index contributed by atoms with van der Waals surface area (Å²) < 4.78 is 0. The summed E-state index contributed by atoms with van der Waals surface area (Å²) in [6, 6.07) is 110. The van der Waals surface area contributed by atoms with E-state index in [0.29, 0.717) is 0 Å². The van der Waals surface area contributed by atoms with E-state index in [1.165, 1.54) is 133 Å². The molecular weight excluding hydrogens is 941 g/mol. The average Bonchev–Trinajstić information content (AvgIpc) is 4.18. The Morgan fingerprint density at radius 2 is 0.474 bits per heavy atom. The number of nitrogens with zero attached hydrogens (tertiary/aromatic N) is 2. The van der Waals surface area contributed by atoms with Crippen LogP contribution < -0.4 is 9.80 Å². The van der Waals surface area contributed by atoms with Crippen LogP contribution in [0, 0.1) is 0 Å². The number of hydrogen-bond donors (Lipinski definition) is 0. The molecule has 2 aliphatic carbocycles. The molecule has 17 rings (SSSR count). The van der Waals surface area contributed by atoms with Crippen LogP contribution in [-0.2, 0) is 10.8 Å². The highest BCUT2D eigenvalue weighted by molar-refractivity contribution is 6.20. The van der Waals surface area contributed by atoms with E-state index in [9.17, 15) is 0 Å². The standard InChI is InChI=1S/C76H48N2/c1-2-22-49(23-3-1)50-44-46-51(47-45-50)74-56-28-20-42-68(77-70-38-16-12-34-64(70)75(65-35-13-17-39-71(65)77)60-30-8-4-24-52(60)53-25-5-9-31-61(53)75)58(56)48-59-57(74)29-21-43-69(59)78-72-40-18-14-36-66(72)76(67-37-15-19-41-73(67)78)62-32-10-6-26-54(62)55-27-7-11-33-63(55)76/h1-48H. The van der Waals surface area contributed by atoms with Gasteiger partial charge in [-0.25, -0.2) is 0 Å². The Bertz CT molecular complexity index is 4200. The lowest BCUT2D eigenvalue weighted by Gasteiger charge is -2.45. The largest absolute Gasteiger partial charge is 0.309 e. The van der Waals surface area contributed by atoms with Gasteiger partial charge in [0.1, 0.15) is 0 Å². The van der Waals surface area contributed by atoms with Crippen molar-refractivity contribution in [3.05, 3.63) is 336 Å². The molecule has 2 nitrogen and oxygen atoms in total. The summed E-state index contributed by atoms with van der Waals surface area (Å²) >= 11 is 0. The Kier molecular flexibility index (Phi) is 9.01. The fourth-order valence-electron chi connectivity index (χ4n) is 14.9. The summed E-state index contributed by atoms with van der Waals surface area (Å²) in [5, 5.41) is 4.77. The lowest BCUT2D eigenvalue weighted by atomic mass is 9.64. The van der Waals surface area contributed by atoms with E-state index in [1.807, 2.05) is 0 Å². The molecule has 0 fully saturated rings. The van der Waals surface area contributed by atoms with E-state index in [4.69, 9.17) is 0 Å².